The van der Waals surface area contributed by atoms with E-state index in [0.29, 0.717) is 32.1 Å². The van der Waals surface area contributed by atoms with Gasteiger partial charge in [-0.2, -0.15) is 0 Å². The van der Waals surface area contributed by atoms with Crippen LogP contribution in [-0.4, -0.2) is 48.3 Å². The second-order valence-electron chi connectivity index (χ2n) is 6.14. The third-order valence-corrected chi connectivity index (χ3v) is 5.08. The molecule has 1 aliphatic heterocycles. The van der Waals surface area contributed by atoms with Gasteiger partial charge in [0.2, 0.25) is 5.91 Å². The summed E-state index contributed by atoms with van der Waals surface area (Å²) in [4.78, 5) is 14.2. The molecule has 3 fully saturated rings. The molecule has 2 bridgehead atoms. The van der Waals surface area contributed by atoms with Crippen LogP contribution >= 0.6 is 0 Å². The van der Waals surface area contributed by atoms with Crippen molar-refractivity contribution in [1.82, 2.24) is 4.90 Å². The summed E-state index contributed by atoms with van der Waals surface area (Å²) < 4.78 is 5.32. The molecule has 0 spiro atoms. The van der Waals surface area contributed by atoms with Gasteiger partial charge in [-0.25, -0.2) is 0 Å². The van der Waals surface area contributed by atoms with E-state index in [0.717, 1.165) is 11.8 Å². The Morgan fingerprint density at radius 2 is 2.22 bits per heavy atom. The lowest BCUT2D eigenvalue weighted by molar-refractivity contribution is -0.143. The number of aliphatic hydroxyl groups is 1. The number of aliphatic hydroxyl groups excluding tert-OH is 1. The molecule has 4 heteroatoms. The molecule has 0 radical (unpaired) electrons. The maximum Gasteiger partial charge on any atom is 0.223 e. The topological polar surface area (TPSA) is 49.8 Å². The largest absolute Gasteiger partial charge is 0.394 e. The highest BCUT2D eigenvalue weighted by Gasteiger charge is 2.41. The number of hydrogen-bond donors (Lipinski definition) is 1. The molecular weight excluding hydrogens is 230 g/mol. The quantitative estimate of drug-likeness (QED) is 0.817. The zero-order chi connectivity index (χ0) is 12.5. The van der Waals surface area contributed by atoms with Crippen LogP contribution in [0.25, 0.3) is 0 Å². The van der Waals surface area contributed by atoms with Crippen LogP contribution in [0.1, 0.15) is 32.1 Å². The Labute approximate surface area is 108 Å². The second-order valence-corrected chi connectivity index (χ2v) is 6.14. The Balaban J connectivity index is 1.57. The fourth-order valence-corrected chi connectivity index (χ4v) is 4.10. The normalized spacial score (nSPS) is 39.3. The fourth-order valence-electron chi connectivity index (χ4n) is 4.10. The minimum atomic E-state index is -0.121. The van der Waals surface area contributed by atoms with Gasteiger partial charge < -0.3 is 14.7 Å². The summed E-state index contributed by atoms with van der Waals surface area (Å²) >= 11 is 0. The van der Waals surface area contributed by atoms with E-state index in [2.05, 4.69) is 0 Å². The number of ether oxygens (including phenoxy) is 1. The van der Waals surface area contributed by atoms with Crippen molar-refractivity contribution in [2.75, 3.05) is 26.4 Å². The van der Waals surface area contributed by atoms with Crippen LogP contribution in [0.15, 0.2) is 0 Å². The number of nitrogens with zero attached hydrogens (tertiary/aromatic N) is 1. The standard InChI is InChI=1S/C14H23NO3/c16-8-13-9-18-4-3-15(13)14(17)7-12-6-10-1-2-11(12)5-10/h10-13,16H,1-9H2/t10-,11-,12+,13-/m0/s1. The molecule has 1 amide bonds. The summed E-state index contributed by atoms with van der Waals surface area (Å²) in [7, 11) is 0. The first-order valence-corrected chi connectivity index (χ1v) is 7.26. The molecule has 4 atom stereocenters. The van der Waals surface area contributed by atoms with Crippen molar-refractivity contribution < 1.29 is 14.6 Å². The van der Waals surface area contributed by atoms with Gasteiger partial charge in [-0.15, -0.1) is 0 Å². The van der Waals surface area contributed by atoms with Crippen LogP contribution in [-0.2, 0) is 9.53 Å². The highest BCUT2D eigenvalue weighted by atomic mass is 16.5. The van der Waals surface area contributed by atoms with Gasteiger partial charge in [-0.05, 0) is 37.0 Å². The minimum Gasteiger partial charge on any atom is -0.394 e. The zero-order valence-corrected chi connectivity index (χ0v) is 10.9. The molecule has 0 aromatic rings. The van der Waals surface area contributed by atoms with Crippen LogP contribution in [0.3, 0.4) is 0 Å². The van der Waals surface area contributed by atoms with E-state index in [-0.39, 0.29) is 18.6 Å². The van der Waals surface area contributed by atoms with E-state index < -0.39 is 0 Å². The Kier molecular flexibility index (Phi) is 3.57. The molecule has 4 nitrogen and oxygen atoms in total. The van der Waals surface area contributed by atoms with E-state index in [4.69, 9.17) is 4.74 Å². The summed E-state index contributed by atoms with van der Waals surface area (Å²) in [5, 5.41) is 9.30. The number of fused-ring (bicyclic) bond motifs is 2. The van der Waals surface area contributed by atoms with Crippen LogP contribution < -0.4 is 0 Å². The third-order valence-electron chi connectivity index (χ3n) is 5.08. The molecule has 0 aromatic heterocycles. The number of amides is 1. The zero-order valence-electron chi connectivity index (χ0n) is 10.9. The maximum atomic E-state index is 12.4. The van der Waals surface area contributed by atoms with E-state index in [1.807, 2.05) is 4.90 Å². The first-order chi connectivity index (χ1) is 8.78. The van der Waals surface area contributed by atoms with Crippen molar-refractivity contribution in [3.05, 3.63) is 0 Å². The van der Waals surface area contributed by atoms with E-state index in [1.54, 1.807) is 0 Å². The molecular formula is C14H23NO3. The first-order valence-electron chi connectivity index (χ1n) is 7.26. The average molecular weight is 253 g/mol. The summed E-state index contributed by atoms with van der Waals surface area (Å²) in [6.07, 6.45) is 6.01. The molecule has 2 saturated carbocycles. The Hall–Kier alpha value is -0.610. The SMILES string of the molecule is O=C(C[C@H]1C[C@H]2CC[C@H]1C2)N1CCOC[C@@H]1CO. The summed E-state index contributed by atoms with van der Waals surface area (Å²) in [6, 6.07) is -0.121. The number of hydrogen-bond acceptors (Lipinski definition) is 3. The van der Waals surface area contributed by atoms with Gasteiger partial charge >= 0.3 is 0 Å². The van der Waals surface area contributed by atoms with E-state index >= 15 is 0 Å². The van der Waals surface area contributed by atoms with Gasteiger partial charge in [0.05, 0.1) is 25.9 Å². The molecule has 1 heterocycles. The summed E-state index contributed by atoms with van der Waals surface area (Å²) in [5.41, 5.74) is 0. The summed E-state index contributed by atoms with van der Waals surface area (Å²) in [5.74, 6) is 2.53. The monoisotopic (exact) mass is 253 g/mol. The molecule has 0 aromatic carbocycles. The van der Waals surface area contributed by atoms with Crippen molar-refractivity contribution in [1.29, 1.82) is 0 Å². The first kappa shape index (κ1) is 12.4. The van der Waals surface area contributed by atoms with Gasteiger partial charge in [-0.3, -0.25) is 4.79 Å². The lowest BCUT2D eigenvalue weighted by Crippen LogP contribution is -2.50. The van der Waals surface area contributed by atoms with Crippen LogP contribution in [0, 0.1) is 17.8 Å². The molecule has 18 heavy (non-hydrogen) atoms. The van der Waals surface area contributed by atoms with Gasteiger partial charge in [0.15, 0.2) is 0 Å². The molecule has 2 aliphatic carbocycles. The smallest absolute Gasteiger partial charge is 0.223 e. The molecule has 3 aliphatic rings. The summed E-state index contributed by atoms with van der Waals surface area (Å²) in [6.45, 7) is 1.76. The minimum absolute atomic E-state index is 0.0163. The van der Waals surface area contributed by atoms with E-state index in [1.165, 1.54) is 25.7 Å². The Morgan fingerprint density at radius 3 is 2.89 bits per heavy atom. The molecule has 1 N–H and O–H groups in total. The number of carbonyl (C=O) groups is 1. The lowest BCUT2D eigenvalue weighted by Gasteiger charge is -2.35. The fraction of sp³-hybridized carbons (Fsp3) is 0.929. The van der Waals surface area contributed by atoms with Crippen molar-refractivity contribution in [3.8, 4) is 0 Å². The van der Waals surface area contributed by atoms with Crippen molar-refractivity contribution in [2.45, 2.75) is 38.1 Å². The van der Waals surface area contributed by atoms with Gasteiger partial charge in [0.25, 0.3) is 0 Å². The van der Waals surface area contributed by atoms with Crippen LogP contribution in [0.2, 0.25) is 0 Å². The predicted molar refractivity (Wildman–Crippen MR) is 67.0 cm³/mol. The number of morpholine rings is 1. The van der Waals surface area contributed by atoms with Crippen molar-refractivity contribution >= 4 is 5.91 Å². The maximum absolute atomic E-state index is 12.4. The Morgan fingerprint density at radius 1 is 1.33 bits per heavy atom. The predicted octanol–water partition coefficient (Wildman–Crippen LogP) is 1.03. The average Bonchev–Trinajstić information content (AvgIpc) is 3.01. The van der Waals surface area contributed by atoms with Crippen molar-refractivity contribution in [2.24, 2.45) is 17.8 Å². The highest BCUT2D eigenvalue weighted by Crippen LogP contribution is 2.49. The van der Waals surface area contributed by atoms with E-state index in [9.17, 15) is 9.90 Å². The number of rotatable bonds is 3. The second kappa shape index (κ2) is 5.17. The van der Waals surface area contributed by atoms with Crippen LogP contribution in [0.5, 0.6) is 0 Å². The number of carbonyl (C=O) groups excluding carboxylic acids is 1. The molecule has 0 unspecified atom stereocenters. The molecule has 102 valence electrons. The molecule has 3 rings (SSSR count). The lowest BCUT2D eigenvalue weighted by atomic mass is 9.86. The van der Waals surface area contributed by atoms with Crippen LogP contribution in [0.4, 0.5) is 0 Å². The van der Waals surface area contributed by atoms with Crippen molar-refractivity contribution in [3.63, 3.8) is 0 Å². The Bertz CT molecular complexity index is 320. The molecule has 1 saturated heterocycles. The van der Waals surface area contributed by atoms with Gasteiger partial charge in [0.1, 0.15) is 0 Å². The van der Waals surface area contributed by atoms with Gasteiger partial charge in [-0.1, -0.05) is 6.42 Å². The third kappa shape index (κ3) is 2.28. The highest BCUT2D eigenvalue weighted by molar-refractivity contribution is 5.77. The van der Waals surface area contributed by atoms with Gasteiger partial charge in [0, 0.05) is 13.0 Å².